The van der Waals surface area contributed by atoms with Crippen LogP contribution in [0, 0.1) is 0 Å². The van der Waals surface area contributed by atoms with Gasteiger partial charge < -0.3 is 14.5 Å². The smallest absolute Gasteiger partial charge is 0.259 e. The second-order valence-corrected chi connectivity index (χ2v) is 5.32. The van der Waals surface area contributed by atoms with Crippen LogP contribution in [0.2, 0.25) is 0 Å². The number of benzene rings is 2. The van der Waals surface area contributed by atoms with Gasteiger partial charge in [-0.15, -0.1) is 10.2 Å². The first-order chi connectivity index (χ1) is 12.2. The molecule has 1 N–H and O–H groups in total. The summed E-state index contributed by atoms with van der Waals surface area (Å²) >= 11 is 0. The third-order valence-electron chi connectivity index (χ3n) is 3.59. The van der Waals surface area contributed by atoms with Crippen molar-refractivity contribution in [1.29, 1.82) is 0 Å². The Morgan fingerprint density at radius 3 is 2.52 bits per heavy atom. The number of aromatic nitrogens is 2. The van der Waals surface area contributed by atoms with E-state index in [1.807, 2.05) is 32.0 Å². The summed E-state index contributed by atoms with van der Waals surface area (Å²) < 4.78 is 11.0. The second-order valence-electron chi connectivity index (χ2n) is 5.32. The molecule has 6 heteroatoms. The lowest BCUT2D eigenvalue weighted by molar-refractivity contribution is 0.102. The second kappa shape index (κ2) is 7.61. The topological polar surface area (TPSA) is 77.2 Å². The molecule has 0 unspecified atom stereocenters. The van der Waals surface area contributed by atoms with Gasteiger partial charge in [0.2, 0.25) is 11.8 Å². The van der Waals surface area contributed by atoms with Gasteiger partial charge in [0.25, 0.3) is 5.91 Å². The van der Waals surface area contributed by atoms with Gasteiger partial charge in [0, 0.05) is 17.7 Å². The van der Waals surface area contributed by atoms with Crippen molar-refractivity contribution in [3.63, 3.8) is 0 Å². The van der Waals surface area contributed by atoms with E-state index in [0.717, 1.165) is 5.56 Å². The van der Waals surface area contributed by atoms with Crippen molar-refractivity contribution < 1.29 is 13.9 Å². The molecule has 0 radical (unpaired) electrons. The molecule has 3 aromatic rings. The molecule has 2 aromatic carbocycles. The van der Waals surface area contributed by atoms with Crippen molar-refractivity contribution in [2.45, 2.75) is 20.3 Å². The van der Waals surface area contributed by atoms with Gasteiger partial charge in [-0.1, -0.05) is 19.1 Å². The standard InChI is InChI=1S/C19H19N3O3/c1-3-17-21-22-19(25-17)13-9-11-14(12-10-13)20-18(23)15-7-5-6-8-16(15)24-4-2/h5-12H,3-4H2,1-2H3,(H,20,23). The molecule has 1 amide bonds. The summed E-state index contributed by atoms with van der Waals surface area (Å²) in [5, 5.41) is 10.8. The minimum absolute atomic E-state index is 0.220. The molecule has 6 nitrogen and oxygen atoms in total. The van der Waals surface area contributed by atoms with E-state index in [1.165, 1.54) is 0 Å². The number of amides is 1. The largest absolute Gasteiger partial charge is 0.493 e. The average molecular weight is 337 g/mol. The summed E-state index contributed by atoms with van der Waals surface area (Å²) in [6.07, 6.45) is 0.695. The number of ether oxygens (including phenoxy) is 1. The number of nitrogens with zero attached hydrogens (tertiary/aromatic N) is 2. The van der Waals surface area contributed by atoms with Crippen LogP contribution >= 0.6 is 0 Å². The zero-order chi connectivity index (χ0) is 17.6. The summed E-state index contributed by atoms with van der Waals surface area (Å²) in [4.78, 5) is 12.5. The van der Waals surface area contributed by atoms with Crippen LogP contribution in [0.3, 0.4) is 0 Å². The third-order valence-corrected chi connectivity index (χ3v) is 3.59. The highest BCUT2D eigenvalue weighted by atomic mass is 16.5. The molecule has 1 heterocycles. The van der Waals surface area contributed by atoms with Crippen molar-refractivity contribution in [1.82, 2.24) is 10.2 Å². The number of hydrogen-bond donors (Lipinski definition) is 1. The fraction of sp³-hybridized carbons (Fsp3) is 0.211. The molecule has 0 fully saturated rings. The van der Waals surface area contributed by atoms with Gasteiger partial charge in [-0.05, 0) is 43.3 Å². The lowest BCUT2D eigenvalue weighted by Crippen LogP contribution is -2.13. The molecule has 0 spiro atoms. The Bertz CT molecular complexity index is 856. The van der Waals surface area contributed by atoms with E-state index in [0.29, 0.717) is 41.8 Å². The molecule has 0 saturated carbocycles. The van der Waals surface area contributed by atoms with Crippen LogP contribution in [0.15, 0.2) is 52.9 Å². The predicted molar refractivity (Wildman–Crippen MR) is 94.7 cm³/mol. The number of para-hydroxylation sites is 1. The quantitative estimate of drug-likeness (QED) is 0.737. The number of carbonyl (C=O) groups excluding carboxylic acids is 1. The van der Waals surface area contributed by atoms with Crippen molar-refractivity contribution in [3.05, 3.63) is 60.0 Å². The monoisotopic (exact) mass is 337 g/mol. The number of aryl methyl sites for hydroxylation is 1. The normalized spacial score (nSPS) is 10.5. The van der Waals surface area contributed by atoms with Crippen molar-refractivity contribution in [2.75, 3.05) is 11.9 Å². The summed E-state index contributed by atoms with van der Waals surface area (Å²) in [5.74, 6) is 1.41. The van der Waals surface area contributed by atoms with E-state index in [1.54, 1.807) is 30.3 Å². The highest BCUT2D eigenvalue weighted by molar-refractivity contribution is 6.06. The molecular weight excluding hydrogens is 318 g/mol. The van der Waals surface area contributed by atoms with Gasteiger partial charge >= 0.3 is 0 Å². The first kappa shape index (κ1) is 16.7. The van der Waals surface area contributed by atoms with Crippen LogP contribution in [0.4, 0.5) is 5.69 Å². The van der Waals surface area contributed by atoms with Crippen LogP contribution in [0.1, 0.15) is 30.1 Å². The number of hydrogen-bond acceptors (Lipinski definition) is 5. The number of rotatable bonds is 6. The van der Waals surface area contributed by atoms with Crippen molar-refractivity contribution >= 4 is 11.6 Å². The molecule has 0 bridgehead atoms. The number of anilines is 1. The lowest BCUT2D eigenvalue weighted by Gasteiger charge is -2.10. The molecule has 25 heavy (non-hydrogen) atoms. The Kier molecular flexibility index (Phi) is 5.09. The third kappa shape index (κ3) is 3.85. The van der Waals surface area contributed by atoms with Crippen molar-refractivity contribution in [3.8, 4) is 17.2 Å². The summed E-state index contributed by atoms with van der Waals surface area (Å²) in [7, 11) is 0. The Morgan fingerprint density at radius 2 is 1.84 bits per heavy atom. The Morgan fingerprint density at radius 1 is 1.08 bits per heavy atom. The fourth-order valence-electron chi connectivity index (χ4n) is 2.34. The minimum Gasteiger partial charge on any atom is -0.493 e. The molecular formula is C19H19N3O3. The SMILES string of the molecule is CCOc1ccccc1C(=O)Nc1ccc(-c2nnc(CC)o2)cc1. The van der Waals surface area contributed by atoms with E-state index in [-0.39, 0.29) is 5.91 Å². The molecule has 3 rings (SSSR count). The molecule has 0 aliphatic carbocycles. The van der Waals surface area contributed by atoms with Gasteiger partial charge in [0.05, 0.1) is 12.2 Å². The molecule has 1 aromatic heterocycles. The molecule has 0 aliphatic heterocycles. The molecule has 0 aliphatic rings. The van der Waals surface area contributed by atoms with Crippen LogP contribution < -0.4 is 10.1 Å². The highest BCUT2D eigenvalue weighted by Gasteiger charge is 2.13. The van der Waals surface area contributed by atoms with Gasteiger partial charge in [0.1, 0.15) is 5.75 Å². The lowest BCUT2D eigenvalue weighted by atomic mass is 10.1. The van der Waals surface area contributed by atoms with E-state index in [4.69, 9.17) is 9.15 Å². The van der Waals surface area contributed by atoms with E-state index in [9.17, 15) is 4.79 Å². The van der Waals surface area contributed by atoms with Gasteiger partial charge in [-0.25, -0.2) is 0 Å². The van der Waals surface area contributed by atoms with Gasteiger partial charge in [-0.2, -0.15) is 0 Å². The van der Waals surface area contributed by atoms with Crippen molar-refractivity contribution in [2.24, 2.45) is 0 Å². The zero-order valence-electron chi connectivity index (χ0n) is 14.2. The van der Waals surface area contributed by atoms with E-state index < -0.39 is 0 Å². The Hall–Kier alpha value is -3.15. The first-order valence-electron chi connectivity index (χ1n) is 8.17. The summed E-state index contributed by atoms with van der Waals surface area (Å²) in [6, 6.07) is 14.4. The Labute approximate surface area is 145 Å². The minimum atomic E-state index is -0.220. The van der Waals surface area contributed by atoms with Gasteiger partial charge in [-0.3, -0.25) is 4.79 Å². The van der Waals surface area contributed by atoms with Crippen LogP contribution in [-0.4, -0.2) is 22.7 Å². The van der Waals surface area contributed by atoms with E-state index in [2.05, 4.69) is 15.5 Å². The van der Waals surface area contributed by atoms with Crippen LogP contribution in [0.5, 0.6) is 5.75 Å². The highest BCUT2D eigenvalue weighted by Crippen LogP contribution is 2.22. The zero-order valence-corrected chi connectivity index (χ0v) is 14.2. The van der Waals surface area contributed by atoms with Crippen LogP contribution in [0.25, 0.3) is 11.5 Å². The summed E-state index contributed by atoms with van der Waals surface area (Å²) in [5.41, 5.74) is 1.98. The summed E-state index contributed by atoms with van der Waals surface area (Å²) in [6.45, 7) is 4.34. The maximum atomic E-state index is 12.5. The first-order valence-corrected chi connectivity index (χ1v) is 8.17. The average Bonchev–Trinajstić information content (AvgIpc) is 3.12. The maximum absolute atomic E-state index is 12.5. The predicted octanol–water partition coefficient (Wildman–Crippen LogP) is 3.95. The number of nitrogens with one attached hydrogen (secondary N) is 1. The fourth-order valence-corrected chi connectivity index (χ4v) is 2.34. The molecule has 0 atom stereocenters. The number of carbonyl (C=O) groups is 1. The Balaban J connectivity index is 1.74. The van der Waals surface area contributed by atoms with Gasteiger partial charge in [0.15, 0.2) is 0 Å². The molecule has 0 saturated heterocycles. The molecule has 128 valence electrons. The maximum Gasteiger partial charge on any atom is 0.259 e. The van der Waals surface area contributed by atoms with Crippen LogP contribution in [-0.2, 0) is 6.42 Å². The van der Waals surface area contributed by atoms with E-state index >= 15 is 0 Å².